The Kier molecular flexibility index (Phi) is 11.5. The summed E-state index contributed by atoms with van der Waals surface area (Å²) in [6, 6.07) is 3.98. The number of hydrogen-bond acceptors (Lipinski definition) is 4. The molecule has 0 amide bonds. The molecule has 0 fully saturated rings. The molecule has 0 radical (unpaired) electrons. The van der Waals surface area contributed by atoms with Crippen molar-refractivity contribution >= 4 is 41.5 Å². The van der Waals surface area contributed by atoms with Gasteiger partial charge in [0.1, 0.15) is 0 Å². The quantitative estimate of drug-likeness (QED) is 0.269. The maximum atomic E-state index is 6.38. The van der Waals surface area contributed by atoms with E-state index in [0.717, 1.165) is 30.2 Å². The number of rotatable bonds is 9. The minimum absolute atomic E-state index is 0. The third-order valence-electron chi connectivity index (χ3n) is 4.89. The zero-order chi connectivity index (χ0) is 22.3. The molecule has 0 saturated heterocycles. The number of hydrogen-bond donors (Lipinski definition) is 2. The molecule has 0 bridgehead atoms. The van der Waals surface area contributed by atoms with Crippen LogP contribution in [-0.4, -0.2) is 42.0 Å². The normalized spacial score (nSPS) is 12.2. The smallest absolute Gasteiger partial charge is 0.191 e. The van der Waals surface area contributed by atoms with Crippen LogP contribution in [0, 0.1) is 13.8 Å². The van der Waals surface area contributed by atoms with E-state index in [-0.39, 0.29) is 30.0 Å². The van der Waals surface area contributed by atoms with Crippen molar-refractivity contribution < 1.29 is 9.47 Å². The molecular weight excluding hydrogens is 529 g/mol. The summed E-state index contributed by atoms with van der Waals surface area (Å²) in [7, 11) is 3.59. The number of halogens is 2. The largest absolute Gasteiger partial charge is 0.493 e. The molecule has 2 N–H and O–H groups in total. The van der Waals surface area contributed by atoms with Crippen LogP contribution in [0.3, 0.4) is 0 Å². The molecule has 2 aromatic rings. The maximum absolute atomic E-state index is 6.38. The van der Waals surface area contributed by atoms with Gasteiger partial charge in [0, 0.05) is 25.3 Å². The van der Waals surface area contributed by atoms with Crippen molar-refractivity contribution in [3.05, 3.63) is 39.7 Å². The van der Waals surface area contributed by atoms with E-state index in [2.05, 4.69) is 36.5 Å². The summed E-state index contributed by atoms with van der Waals surface area (Å²) in [6.45, 7) is 12.0. The molecule has 1 atom stereocenters. The van der Waals surface area contributed by atoms with Gasteiger partial charge in [-0.1, -0.05) is 11.6 Å². The van der Waals surface area contributed by atoms with E-state index in [1.54, 1.807) is 7.11 Å². The number of methoxy groups -OCH3 is 1. The summed E-state index contributed by atoms with van der Waals surface area (Å²) in [4.78, 5) is 4.73. The molecule has 7 nitrogen and oxygen atoms in total. The predicted molar refractivity (Wildman–Crippen MR) is 138 cm³/mol. The van der Waals surface area contributed by atoms with E-state index in [4.69, 9.17) is 26.1 Å². The second-order valence-electron chi connectivity index (χ2n) is 7.26. The fourth-order valence-electron chi connectivity index (χ4n) is 3.34. The lowest BCUT2D eigenvalue weighted by atomic mass is 10.1. The summed E-state index contributed by atoms with van der Waals surface area (Å²) in [5.41, 5.74) is 4.49. The monoisotopic (exact) mass is 563 g/mol. The first-order valence-electron chi connectivity index (χ1n) is 10.3. The number of guanidine groups is 1. The summed E-state index contributed by atoms with van der Waals surface area (Å²) < 4.78 is 12.9. The number of nitrogens with one attached hydrogen (secondary N) is 2. The predicted octanol–water partition coefficient (Wildman–Crippen LogP) is 4.40. The van der Waals surface area contributed by atoms with Crippen LogP contribution in [0.1, 0.15) is 43.3 Å². The van der Waals surface area contributed by atoms with Gasteiger partial charge in [0.15, 0.2) is 17.5 Å². The van der Waals surface area contributed by atoms with E-state index in [1.807, 2.05) is 37.7 Å². The van der Waals surface area contributed by atoms with E-state index in [9.17, 15) is 0 Å². The second kappa shape index (κ2) is 13.0. The van der Waals surface area contributed by atoms with Gasteiger partial charge in [0.25, 0.3) is 0 Å². The van der Waals surface area contributed by atoms with Crippen molar-refractivity contribution in [1.29, 1.82) is 0 Å². The van der Waals surface area contributed by atoms with Gasteiger partial charge in [-0.05, 0) is 64.3 Å². The molecule has 0 aliphatic carbocycles. The molecule has 9 heteroatoms. The highest BCUT2D eigenvalue weighted by molar-refractivity contribution is 14.0. The maximum Gasteiger partial charge on any atom is 0.191 e. The number of ether oxygens (including phenoxy) is 2. The Labute approximate surface area is 208 Å². The van der Waals surface area contributed by atoms with Gasteiger partial charge < -0.3 is 20.1 Å². The number of benzene rings is 1. The summed E-state index contributed by atoms with van der Waals surface area (Å²) in [5, 5.41) is 11.8. The van der Waals surface area contributed by atoms with Crippen LogP contribution in [0.15, 0.2) is 17.1 Å². The summed E-state index contributed by atoms with van der Waals surface area (Å²) in [6.07, 6.45) is 0.874. The van der Waals surface area contributed by atoms with Gasteiger partial charge in [0.05, 0.1) is 31.0 Å². The van der Waals surface area contributed by atoms with E-state index >= 15 is 0 Å². The van der Waals surface area contributed by atoms with Gasteiger partial charge in [-0.15, -0.1) is 24.0 Å². The highest BCUT2D eigenvalue weighted by Crippen LogP contribution is 2.36. The number of aryl methyl sites for hydroxylation is 2. The van der Waals surface area contributed by atoms with Crippen molar-refractivity contribution in [2.45, 2.75) is 53.6 Å². The lowest BCUT2D eigenvalue weighted by molar-refractivity contribution is 0.311. The van der Waals surface area contributed by atoms with Crippen LogP contribution in [0.2, 0.25) is 5.02 Å². The van der Waals surface area contributed by atoms with Crippen LogP contribution in [0.5, 0.6) is 11.5 Å². The van der Waals surface area contributed by atoms with Gasteiger partial charge in [-0.3, -0.25) is 4.68 Å². The molecule has 0 aliphatic rings. The molecule has 1 aromatic carbocycles. The molecule has 1 unspecified atom stereocenters. The summed E-state index contributed by atoms with van der Waals surface area (Å²) in [5.74, 6) is 1.94. The molecular formula is C22H35ClIN5O2. The Morgan fingerprint density at radius 1 is 1.29 bits per heavy atom. The van der Waals surface area contributed by atoms with Gasteiger partial charge in [-0.25, -0.2) is 4.99 Å². The molecule has 31 heavy (non-hydrogen) atoms. The molecule has 0 aliphatic heterocycles. The van der Waals surface area contributed by atoms with Gasteiger partial charge in [-0.2, -0.15) is 5.10 Å². The average Bonchev–Trinajstić information content (AvgIpc) is 2.94. The standard InChI is InChI=1S/C22H34ClN5O2.HI/c1-8-24-22(26-14(3)10-18-15(4)27-28(6)16(18)5)25-13-17-11-19(23)21(30-9-2)20(12-17)29-7;/h11-12,14H,8-10,13H2,1-7H3,(H2,24,25,26);1H. The van der Waals surface area contributed by atoms with Crippen LogP contribution in [-0.2, 0) is 20.0 Å². The molecule has 0 spiro atoms. The highest BCUT2D eigenvalue weighted by atomic mass is 127. The first kappa shape index (κ1) is 27.4. The highest BCUT2D eigenvalue weighted by Gasteiger charge is 2.15. The molecule has 2 rings (SSSR count). The Balaban J connectivity index is 0.00000480. The number of aromatic nitrogens is 2. The Bertz CT molecular complexity index is 885. The third-order valence-corrected chi connectivity index (χ3v) is 5.17. The fraction of sp³-hybridized carbons (Fsp3) is 0.545. The molecule has 0 saturated carbocycles. The first-order valence-corrected chi connectivity index (χ1v) is 10.7. The zero-order valence-corrected chi connectivity index (χ0v) is 22.6. The topological polar surface area (TPSA) is 72.7 Å². The van der Waals surface area contributed by atoms with Crippen LogP contribution >= 0.6 is 35.6 Å². The zero-order valence-electron chi connectivity index (χ0n) is 19.5. The minimum atomic E-state index is 0. The Morgan fingerprint density at radius 2 is 2.00 bits per heavy atom. The molecule has 1 aromatic heterocycles. The molecule has 1 heterocycles. The van der Waals surface area contributed by atoms with Crippen molar-refractivity contribution in [2.24, 2.45) is 12.0 Å². The van der Waals surface area contributed by atoms with Gasteiger partial charge >= 0.3 is 0 Å². The van der Waals surface area contributed by atoms with Crippen LogP contribution < -0.4 is 20.1 Å². The van der Waals surface area contributed by atoms with E-state index in [0.29, 0.717) is 29.7 Å². The fourth-order valence-corrected chi connectivity index (χ4v) is 3.63. The SMILES string of the molecule is CCNC(=NCc1cc(Cl)c(OCC)c(OC)c1)NC(C)Cc1c(C)nn(C)c1C.I. The van der Waals surface area contributed by atoms with Crippen molar-refractivity contribution in [1.82, 2.24) is 20.4 Å². The Hall–Kier alpha value is -1.68. The molecule has 174 valence electrons. The summed E-state index contributed by atoms with van der Waals surface area (Å²) >= 11 is 6.38. The van der Waals surface area contributed by atoms with Crippen molar-refractivity contribution in [3.8, 4) is 11.5 Å². The second-order valence-corrected chi connectivity index (χ2v) is 7.67. The first-order chi connectivity index (χ1) is 14.3. The van der Waals surface area contributed by atoms with Crippen LogP contribution in [0.4, 0.5) is 0 Å². The van der Waals surface area contributed by atoms with E-state index < -0.39 is 0 Å². The minimum Gasteiger partial charge on any atom is -0.493 e. The van der Waals surface area contributed by atoms with E-state index in [1.165, 1.54) is 11.3 Å². The Morgan fingerprint density at radius 3 is 2.55 bits per heavy atom. The van der Waals surface area contributed by atoms with Gasteiger partial charge in [0.2, 0.25) is 0 Å². The lowest BCUT2D eigenvalue weighted by Gasteiger charge is -2.18. The lowest BCUT2D eigenvalue weighted by Crippen LogP contribution is -2.43. The third kappa shape index (κ3) is 7.45. The van der Waals surface area contributed by atoms with Crippen molar-refractivity contribution in [2.75, 3.05) is 20.3 Å². The van der Waals surface area contributed by atoms with Crippen molar-refractivity contribution in [3.63, 3.8) is 0 Å². The van der Waals surface area contributed by atoms with Crippen LogP contribution in [0.25, 0.3) is 0 Å². The number of nitrogens with zero attached hydrogens (tertiary/aromatic N) is 3. The number of aliphatic imine (C=N–C) groups is 1. The average molecular weight is 564 g/mol.